The highest BCUT2D eigenvalue weighted by molar-refractivity contribution is 5.64. The van der Waals surface area contributed by atoms with Crippen molar-refractivity contribution in [2.75, 3.05) is 26.2 Å². The van der Waals surface area contributed by atoms with E-state index in [-0.39, 0.29) is 0 Å². The molecule has 0 aromatic rings. The third-order valence-electron chi connectivity index (χ3n) is 1.86. The van der Waals surface area contributed by atoms with Crippen LogP contribution in [-0.4, -0.2) is 42.3 Å². The van der Waals surface area contributed by atoms with E-state index in [1.807, 2.05) is 0 Å². The number of hydrogen-bond acceptors (Lipinski definition) is 2. The monoisotopic (exact) mass is 158 g/mol. The van der Waals surface area contributed by atoms with Crippen molar-refractivity contribution in [1.29, 1.82) is 0 Å². The third-order valence-corrected chi connectivity index (χ3v) is 1.86. The van der Waals surface area contributed by atoms with Crippen LogP contribution in [0.5, 0.6) is 0 Å². The molecule has 0 unspecified atom stereocenters. The molecule has 2 N–H and O–H groups in total. The van der Waals surface area contributed by atoms with Gasteiger partial charge in [0.2, 0.25) is 0 Å². The fourth-order valence-corrected chi connectivity index (χ4v) is 1.19. The first-order chi connectivity index (χ1) is 5.30. The lowest BCUT2D eigenvalue weighted by Gasteiger charge is -2.21. The van der Waals surface area contributed by atoms with Crippen molar-refractivity contribution >= 4 is 6.09 Å². The van der Waals surface area contributed by atoms with E-state index in [1.54, 1.807) is 0 Å². The molecule has 0 aliphatic carbocycles. The minimum Gasteiger partial charge on any atom is -0.465 e. The van der Waals surface area contributed by atoms with Gasteiger partial charge in [-0.15, -0.1) is 0 Å². The van der Waals surface area contributed by atoms with Crippen molar-refractivity contribution in [1.82, 2.24) is 10.2 Å². The zero-order valence-corrected chi connectivity index (χ0v) is 6.55. The lowest BCUT2D eigenvalue weighted by molar-refractivity contribution is 0.142. The maximum Gasteiger partial charge on any atom is 0.407 e. The second kappa shape index (κ2) is 4.18. The SMILES string of the molecule is O=C(O)N1CCCCNCC1. The molecule has 0 spiro atoms. The molecule has 1 rings (SSSR count). The van der Waals surface area contributed by atoms with E-state index in [9.17, 15) is 4.79 Å². The average molecular weight is 158 g/mol. The van der Waals surface area contributed by atoms with Gasteiger partial charge in [0, 0.05) is 19.6 Å². The molecule has 0 atom stereocenters. The summed E-state index contributed by atoms with van der Waals surface area (Å²) in [7, 11) is 0. The molecule has 1 saturated heterocycles. The van der Waals surface area contributed by atoms with Gasteiger partial charge in [0.25, 0.3) is 0 Å². The van der Waals surface area contributed by atoms with Gasteiger partial charge in [0.15, 0.2) is 0 Å². The van der Waals surface area contributed by atoms with E-state index < -0.39 is 6.09 Å². The van der Waals surface area contributed by atoms with E-state index in [4.69, 9.17) is 5.11 Å². The van der Waals surface area contributed by atoms with E-state index in [0.29, 0.717) is 13.1 Å². The van der Waals surface area contributed by atoms with Crippen molar-refractivity contribution in [3.05, 3.63) is 0 Å². The molecule has 1 fully saturated rings. The van der Waals surface area contributed by atoms with Gasteiger partial charge < -0.3 is 15.3 Å². The molecule has 4 heteroatoms. The number of carbonyl (C=O) groups is 1. The first-order valence-electron chi connectivity index (χ1n) is 3.99. The predicted molar refractivity (Wildman–Crippen MR) is 41.7 cm³/mol. The summed E-state index contributed by atoms with van der Waals surface area (Å²) in [6.45, 7) is 3.12. The van der Waals surface area contributed by atoms with Crippen molar-refractivity contribution in [3.8, 4) is 0 Å². The number of hydrogen-bond donors (Lipinski definition) is 2. The summed E-state index contributed by atoms with van der Waals surface area (Å²) >= 11 is 0. The number of nitrogens with one attached hydrogen (secondary N) is 1. The minimum atomic E-state index is -0.797. The van der Waals surface area contributed by atoms with Gasteiger partial charge in [-0.2, -0.15) is 0 Å². The molecule has 64 valence electrons. The van der Waals surface area contributed by atoms with Crippen LogP contribution in [0.15, 0.2) is 0 Å². The van der Waals surface area contributed by atoms with E-state index >= 15 is 0 Å². The molecule has 1 aliphatic heterocycles. The van der Waals surface area contributed by atoms with Gasteiger partial charge in [0.05, 0.1) is 0 Å². The van der Waals surface area contributed by atoms with Gasteiger partial charge in [0.1, 0.15) is 0 Å². The topological polar surface area (TPSA) is 52.6 Å². The molecule has 0 bridgehead atoms. The molecule has 11 heavy (non-hydrogen) atoms. The van der Waals surface area contributed by atoms with Crippen molar-refractivity contribution < 1.29 is 9.90 Å². The Morgan fingerprint density at radius 1 is 1.27 bits per heavy atom. The standard InChI is InChI=1S/C7H14N2O2/c10-7(11)9-5-2-1-3-8-4-6-9/h8H,1-6H2,(H,10,11). The lowest BCUT2D eigenvalue weighted by atomic mass is 10.2. The van der Waals surface area contributed by atoms with Crippen LogP contribution in [0.2, 0.25) is 0 Å². The quantitative estimate of drug-likeness (QED) is 0.535. The zero-order valence-electron chi connectivity index (χ0n) is 6.55. The molecule has 1 heterocycles. The van der Waals surface area contributed by atoms with Crippen LogP contribution in [0.3, 0.4) is 0 Å². The van der Waals surface area contributed by atoms with Gasteiger partial charge in [-0.05, 0) is 19.4 Å². The van der Waals surface area contributed by atoms with Crippen LogP contribution < -0.4 is 5.32 Å². The van der Waals surface area contributed by atoms with Crippen LogP contribution in [0, 0.1) is 0 Å². The third kappa shape index (κ3) is 2.76. The Morgan fingerprint density at radius 2 is 2.09 bits per heavy atom. The summed E-state index contributed by atoms with van der Waals surface area (Å²) in [5.41, 5.74) is 0. The fraction of sp³-hybridized carbons (Fsp3) is 0.857. The predicted octanol–water partition coefficient (Wildman–Crippen LogP) is 0.350. The van der Waals surface area contributed by atoms with Crippen LogP contribution in [0.1, 0.15) is 12.8 Å². The Labute approximate surface area is 66.2 Å². The van der Waals surface area contributed by atoms with E-state index in [2.05, 4.69) is 5.32 Å². The smallest absolute Gasteiger partial charge is 0.407 e. The Bertz CT molecular complexity index is 130. The Morgan fingerprint density at radius 3 is 2.82 bits per heavy atom. The maximum atomic E-state index is 10.5. The van der Waals surface area contributed by atoms with Gasteiger partial charge >= 0.3 is 6.09 Å². The second-order valence-corrected chi connectivity index (χ2v) is 2.73. The highest BCUT2D eigenvalue weighted by Gasteiger charge is 2.11. The Kier molecular flexibility index (Phi) is 3.16. The largest absolute Gasteiger partial charge is 0.465 e. The first-order valence-corrected chi connectivity index (χ1v) is 3.99. The summed E-state index contributed by atoms with van der Waals surface area (Å²) in [6.07, 6.45) is 1.25. The van der Waals surface area contributed by atoms with E-state index in [1.165, 1.54) is 4.90 Å². The Balaban J connectivity index is 2.32. The van der Waals surface area contributed by atoms with Crippen LogP contribution in [-0.2, 0) is 0 Å². The summed E-state index contributed by atoms with van der Waals surface area (Å²) in [6, 6.07) is 0. The van der Waals surface area contributed by atoms with Crippen LogP contribution >= 0.6 is 0 Å². The molecular formula is C7H14N2O2. The molecule has 4 nitrogen and oxygen atoms in total. The average Bonchev–Trinajstić information content (AvgIpc) is 1.84. The number of carboxylic acid groups (broad SMARTS) is 1. The second-order valence-electron chi connectivity index (χ2n) is 2.73. The van der Waals surface area contributed by atoms with E-state index in [0.717, 1.165) is 25.9 Å². The molecule has 0 aromatic heterocycles. The van der Waals surface area contributed by atoms with Crippen LogP contribution in [0.4, 0.5) is 4.79 Å². The molecular weight excluding hydrogens is 144 g/mol. The summed E-state index contributed by atoms with van der Waals surface area (Å²) in [4.78, 5) is 12.0. The maximum absolute atomic E-state index is 10.5. The fourth-order valence-electron chi connectivity index (χ4n) is 1.19. The first kappa shape index (κ1) is 8.33. The molecule has 1 amide bonds. The zero-order chi connectivity index (χ0) is 8.10. The van der Waals surface area contributed by atoms with Gasteiger partial charge in [-0.3, -0.25) is 0 Å². The lowest BCUT2D eigenvalue weighted by Crippen LogP contribution is -2.39. The molecule has 0 radical (unpaired) electrons. The summed E-state index contributed by atoms with van der Waals surface area (Å²) < 4.78 is 0. The Hall–Kier alpha value is -0.770. The number of nitrogens with zero attached hydrogens (tertiary/aromatic N) is 1. The van der Waals surface area contributed by atoms with Crippen molar-refractivity contribution in [3.63, 3.8) is 0 Å². The highest BCUT2D eigenvalue weighted by atomic mass is 16.4. The highest BCUT2D eigenvalue weighted by Crippen LogP contribution is 1.97. The minimum absolute atomic E-state index is 0.620. The normalized spacial score (nSPS) is 20.5. The number of rotatable bonds is 0. The van der Waals surface area contributed by atoms with Crippen LogP contribution in [0.25, 0.3) is 0 Å². The number of amides is 1. The van der Waals surface area contributed by atoms with Gasteiger partial charge in [-0.25, -0.2) is 4.79 Å². The summed E-state index contributed by atoms with van der Waals surface area (Å²) in [5, 5.41) is 11.8. The van der Waals surface area contributed by atoms with Crippen molar-refractivity contribution in [2.45, 2.75) is 12.8 Å². The molecule has 0 aromatic carbocycles. The molecule has 0 saturated carbocycles. The summed E-state index contributed by atoms with van der Waals surface area (Å²) in [5.74, 6) is 0. The van der Waals surface area contributed by atoms with Gasteiger partial charge in [-0.1, -0.05) is 0 Å². The van der Waals surface area contributed by atoms with Crippen molar-refractivity contribution in [2.24, 2.45) is 0 Å². The molecule has 1 aliphatic rings.